The van der Waals surface area contributed by atoms with Crippen molar-refractivity contribution in [2.45, 2.75) is 31.6 Å². The minimum atomic E-state index is -3.88. The maximum Gasteiger partial charge on any atom is 0.268 e. The Morgan fingerprint density at radius 1 is 1.17 bits per heavy atom. The van der Waals surface area contributed by atoms with Gasteiger partial charge in [-0.25, -0.2) is 17.2 Å². The number of nitrogens with zero attached hydrogens (tertiary/aromatic N) is 3. The van der Waals surface area contributed by atoms with Crippen LogP contribution in [-0.2, 0) is 23.5 Å². The molecule has 2 heterocycles. The molecule has 2 aromatic rings. The third-order valence-electron chi connectivity index (χ3n) is 4.19. The third-order valence-corrected chi connectivity index (χ3v) is 6.25. The highest BCUT2D eigenvalue weighted by molar-refractivity contribution is 7.93. The second-order valence-electron chi connectivity index (χ2n) is 5.70. The van der Waals surface area contributed by atoms with Gasteiger partial charge in [0.2, 0.25) is 0 Å². The smallest absolute Gasteiger partial charge is 0.268 e. The fourth-order valence-corrected chi connectivity index (χ4v) is 4.97. The van der Waals surface area contributed by atoms with Gasteiger partial charge in [0.1, 0.15) is 4.90 Å². The standard InChI is InChI=1S/C15H17F2N3O2S/c1-9-15(10(2)19(3)18-9)23(21,22)20-6-4-5-11-7-12(16)13(17)8-14(11)20/h7-8H,4-6H2,1-3H3. The van der Waals surface area contributed by atoms with Gasteiger partial charge in [-0.3, -0.25) is 8.99 Å². The van der Waals surface area contributed by atoms with Crippen molar-refractivity contribution in [1.82, 2.24) is 9.78 Å². The molecule has 124 valence electrons. The summed E-state index contributed by atoms with van der Waals surface area (Å²) in [4.78, 5) is 0.123. The largest absolute Gasteiger partial charge is 0.271 e. The van der Waals surface area contributed by atoms with Gasteiger partial charge in [0.15, 0.2) is 11.6 Å². The molecule has 0 amide bonds. The highest BCUT2D eigenvalue weighted by atomic mass is 32.2. The maximum atomic E-state index is 13.6. The molecule has 1 aliphatic rings. The predicted molar refractivity (Wildman–Crippen MR) is 81.9 cm³/mol. The summed E-state index contributed by atoms with van der Waals surface area (Å²) in [5.41, 5.74) is 1.60. The molecule has 8 heteroatoms. The molecule has 1 aromatic carbocycles. The maximum absolute atomic E-state index is 13.6. The first-order chi connectivity index (χ1) is 10.7. The van der Waals surface area contributed by atoms with Crippen molar-refractivity contribution in [3.05, 3.63) is 40.7 Å². The fraction of sp³-hybridized carbons (Fsp3) is 0.400. The van der Waals surface area contributed by atoms with Gasteiger partial charge in [-0.05, 0) is 38.3 Å². The summed E-state index contributed by atoms with van der Waals surface area (Å²) in [6.45, 7) is 3.52. The molecule has 1 aromatic heterocycles. The highest BCUT2D eigenvalue weighted by Gasteiger charge is 2.34. The molecule has 0 N–H and O–H groups in total. The number of hydrogen-bond acceptors (Lipinski definition) is 3. The topological polar surface area (TPSA) is 55.2 Å². The number of hydrogen-bond donors (Lipinski definition) is 0. The Bertz CT molecular complexity index is 891. The van der Waals surface area contributed by atoms with Crippen LogP contribution in [0, 0.1) is 25.5 Å². The van der Waals surface area contributed by atoms with Crippen LogP contribution in [0.25, 0.3) is 0 Å². The molecule has 0 radical (unpaired) electrons. The first-order valence-electron chi connectivity index (χ1n) is 7.24. The van der Waals surface area contributed by atoms with E-state index in [4.69, 9.17) is 0 Å². The molecule has 0 saturated heterocycles. The Kier molecular flexibility index (Phi) is 3.66. The summed E-state index contributed by atoms with van der Waals surface area (Å²) in [6, 6.07) is 2.04. The first kappa shape index (κ1) is 15.9. The van der Waals surface area contributed by atoms with Gasteiger partial charge < -0.3 is 0 Å². The molecule has 0 saturated carbocycles. The van der Waals surface area contributed by atoms with Crippen LogP contribution < -0.4 is 4.31 Å². The number of benzene rings is 1. The molecular formula is C15H17F2N3O2S. The molecule has 0 aliphatic carbocycles. The van der Waals surface area contributed by atoms with Crippen LogP contribution in [0.4, 0.5) is 14.5 Å². The molecule has 0 atom stereocenters. The highest BCUT2D eigenvalue weighted by Crippen LogP contribution is 2.35. The minimum absolute atomic E-state index is 0.123. The zero-order chi connectivity index (χ0) is 16.9. The lowest BCUT2D eigenvalue weighted by Gasteiger charge is -2.30. The van der Waals surface area contributed by atoms with E-state index in [1.54, 1.807) is 20.9 Å². The van der Waals surface area contributed by atoms with Gasteiger partial charge in [0.25, 0.3) is 10.0 Å². The van der Waals surface area contributed by atoms with Crippen molar-refractivity contribution in [3.8, 4) is 0 Å². The molecule has 0 bridgehead atoms. The lowest BCUT2D eigenvalue weighted by Crippen LogP contribution is -2.36. The molecular weight excluding hydrogens is 324 g/mol. The van der Waals surface area contributed by atoms with Gasteiger partial charge in [0.05, 0.1) is 17.1 Å². The Balaban J connectivity index is 2.19. The van der Waals surface area contributed by atoms with Crippen LogP contribution in [0.5, 0.6) is 0 Å². The number of halogens is 2. The zero-order valence-electron chi connectivity index (χ0n) is 13.1. The molecule has 3 rings (SSSR count). The summed E-state index contributed by atoms with van der Waals surface area (Å²) >= 11 is 0. The van der Waals surface area contributed by atoms with Crippen LogP contribution in [0.2, 0.25) is 0 Å². The second-order valence-corrected chi connectivity index (χ2v) is 7.50. The molecule has 0 spiro atoms. The number of aromatic nitrogens is 2. The van der Waals surface area contributed by atoms with E-state index in [-0.39, 0.29) is 17.1 Å². The molecule has 0 fully saturated rings. The second kappa shape index (κ2) is 5.30. The molecule has 0 unspecified atom stereocenters. The SMILES string of the molecule is Cc1nn(C)c(C)c1S(=O)(=O)N1CCCc2cc(F)c(F)cc21. The predicted octanol–water partition coefficient (Wildman–Crippen LogP) is 2.46. The first-order valence-corrected chi connectivity index (χ1v) is 8.68. The van der Waals surface area contributed by atoms with Crippen molar-refractivity contribution >= 4 is 15.7 Å². The summed E-state index contributed by atoms with van der Waals surface area (Å²) < 4.78 is 55.8. The number of rotatable bonds is 2. The van der Waals surface area contributed by atoms with Crippen molar-refractivity contribution in [3.63, 3.8) is 0 Å². The van der Waals surface area contributed by atoms with Crippen LogP contribution in [0.1, 0.15) is 23.4 Å². The summed E-state index contributed by atoms with van der Waals surface area (Å²) in [6.07, 6.45) is 1.07. The molecule has 1 aliphatic heterocycles. The number of sulfonamides is 1. The zero-order valence-corrected chi connectivity index (χ0v) is 13.9. The van der Waals surface area contributed by atoms with E-state index in [2.05, 4.69) is 5.10 Å². The van der Waals surface area contributed by atoms with Gasteiger partial charge in [-0.1, -0.05) is 0 Å². The quantitative estimate of drug-likeness (QED) is 0.843. The van der Waals surface area contributed by atoms with E-state index >= 15 is 0 Å². The van der Waals surface area contributed by atoms with Gasteiger partial charge >= 0.3 is 0 Å². The summed E-state index contributed by atoms with van der Waals surface area (Å²) in [7, 11) is -2.22. The number of anilines is 1. The monoisotopic (exact) mass is 341 g/mol. The Labute approximate surface area is 133 Å². The van der Waals surface area contributed by atoms with Crippen molar-refractivity contribution < 1.29 is 17.2 Å². The van der Waals surface area contributed by atoms with Crippen molar-refractivity contribution in [2.75, 3.05) is 10.8 Å². The number of fused-ring (bicyclic) bond motifs is 1. The van der Waals surface area contributed by atoms with E-state index in [0.717, 1.165) is 16.4 Å². The van der Waals surface area contributed by atoms with E-state index in [1.807, 2.05) is 0 Å². The van der Waals surface area contributed by atoms with Crippen LogP contribution in [0.3, 0.4) is 0 Å². The number of aryl methyl sites for hydroxylation is 3. The van der Waals surface area contributed by atoms with E-state index < -0.39 is 21.7 Å². The van der Waals surface area contributed by atoms with Gasteiger partial charge in [-0.15, -0.1) is 0 Å². The van der Waals surface area contributed by atoms with Crippen molar-refractivity contribution in [1.29, 1.82) is 0 Å². The van der Waals surface area contributed by atoms with Crippen LogP contribution in [-0.4, -0.2) is 24.7 Å². The molecule has 23 heavy (non-hydrogen) atoms. The van der Waals surface area contributed by atoms with E-state index in [9.17, 15) is 17.2 Å². The van der Waals surface area contributed by atoms with Crippen molar-refractivity contribution in [2.24, 2.45) is 7.05 Å². The van der Waals surface area contributed by atoms with E-state index in [1.165, 1.54) is 4.68 Å². The molecule has 5 nitrogen and oxygen atoms in total. The van der Waals surface area contributed by atoms with E-state index in [0.29, 0.717) is 29.8 Å². The lowest BCUT2D eigenvalue weighted by atomic mass is 10.0. The minimum Gasteiger partial charge on any atom is -0.271 e. The third kappa shape index (κ3) is 2.41. The van der Waals surface area contributed by atoms with Crippen LogP contribution in [0.15, 0.2) is 17.0 Å². The summed E-state index contributed by atoms with van der Waals surface area (Å²) in [5.74, 6) is -2.01. The average Bonchev–Trinajstić information content (AvgIpc) is 2.73. The van der Waals surface area contributed by atoms with Crippen LogP contribution >= 0.6 is 0 Å². The normalized spacial score (nSPS) is 14.9. The van der Waals surface area contributed by atoms with Gasteiger partial charge in [-0.2, -0.15) is 5.10 Å². The van der Waals surface area contributed by atoms with Gasteiger partial charge in [0, 0.05) is 19.7 Å². The Hall–Kier alpha value is -1.96. The average molecular weight is 341 g/mol. The Morgan fingerprint density at radius 3 is 2.43 bits per heavy atom. The fourth-order valence-electron chi connectivity index (χ4n) is 3.03. The lowest BCUT2D eigenvalue weighted by molar-refractivity contribution is 0.505. The summed E-state index contributed by atoms with van der Waals surface area (Å²) in [5, 5.41) is 4.14. The Morgan fingerprint density at radius 2 is 1.83 bits per heavy atom.